The van der Waals surface area contributed by atoms with E-state index < -0.39 is 6.10 Å². The average molecular weight is 449 g/mol. The summed E-state index contributed by atoms with van der Waals surface area (Å²) in [7, 11) is 0. The molecule has 1 N–H and O–H groups in total. The standard InChI is InChI=1S/C27H48N2O3/c1-3-5-7-9-10-11-12-13-15-17-19-25(18-16-14-8-6-4-2)26(24-30)32-27(31)29-22-20-28-21-23-29/h5,7,10-11,24-26,28H,3-4,6,8-9,12-23H2,1-2H3. The van der Waals surface area contributed by atoms with Gasteiger partial charge in [0.2, 0.25) is 0 Å². The zero-order valence-electron chi connectivity index (χ0n) is 20.7. The van der Waals surface area contributed by atoms with Gasteiger partial charge in [-0.25, -0.2) is 4.79 Å². The predicted molar refractivity (Wildman–Crippen MR) is 134 cm³/mol. The summed E-state index contributed by atoms with van der Waals surface area (Å²) in [6, 6.07) is 0. The molecule has 184 valence electrons. The van der Waals surface area contributed by atoms with E-state index in [1.165, 1.54) is 32.1 Å². The molecule has 0 aromatic rings. The number of ether oxygens (including phenoxy) is 1. The molecule has 0 bridgehead atoms. The maximum Gasteiger partial charge on any atom is 0.410 e. The number of hydrogen-bond acceptors (Lipinski definition) is 4. The predicted octanol–water partition coefficient (Wildman–Crippen LogP) is 6.44. The fraction of sp³-hybridized carbons (Fsp3) is 0.778. The molecule has 1 amide bonds. The largest absolute Gasteiger partial charge is 0.438 e. The average Bonchev–Trinajstić information content (AvgIpc) is 2.82. The number of unbranched alkanes of at least 4 members (excludes halogenated alkanes) is 7. The van der Waals surface area contributed by atoms with Crippen molar-refractivity contribution in [1.29, 1.82) is 0 Å². The lowest BCUT2D eigenvalue weighted by molar-refractivity contribution is -0.118. The van der Waals surface area contributed by atoms with Gasteiger partial charge in [-0.05, 0) is 38.5 Å². The summed E-state index contributed by atoms with van der Waals surface area (Å²) in [6.45, 7) is 7.23. The number of aldehydes is 1. The number of nitrogens with one attached hydrogen (secondary N) is 1. The number of carbonyl (C=O) groups is 2. The van der Waals surface area contributed by atoms with Crippen LogP contribution in [0.4, 0.5) is 4.79 Å². The highest BCUT2D eigenvalue weighted by Crippen LogP contribution is 2.24. The molecular formula is C27H48N2O3. The van der Waals surface area contributed by atoms with Gasteiger partial charge in [0.15, 0.2) is 12.4 Å². The molecule has 1 heterocycles. The Bertz CT molecular complexity index is 527. The summed E-state index contributed by atoms with van der Waals surface area (Å²) in [6.07, 6.45) is 23.4. The van der Waals surface area contributed by atoms with Crippen LogP contribution in [-0.4, -0.2) is 49.6 Å². The molecule has 1 saturated heterocycles. The molecule has 2 atom stereocenters. The zero-order chi connectivity index (χ0) is 23.3. The Kier molecular flexibility index (Phi) is 17.8. The molecule has 32 heavy (non-hydrogen) atoms. The molecule has 2 unspecified atom stereocenters. The number of piperazine rings is 1. The van der Waals surface area contributed by atoms with Crippen LogP contribution in [0, 0.1) is 5.92 Å². The Balaban J connectivity index is 2.44. The van der Waals surface area contributed by atoms with Gasteiger partial charge in [-0.2, -0.15) is 0 Å². The topological polar surface area (TPSA) is 58.6 Å². The summed E-state index contributed by atoms with van der Waals surface area (Å²) in [5, 5.41) is 3.24. The van der Waals surface area contributed by atoms with Gasteiger partial charge in [-0.3, -0.25) is 4.79 Å². The molecule has 0 saturated carbocycles. The van der Waals surface area contributed by atoms with Gasteiger partial charge in [-0.15, -0.1) is 0 Å². The molecule has 0 radical (unpaired) electrons. The Hall–Kier alpha value is -1.62. The van der Waals surface area contributed by atoms with E-state index in [1.807, 2.05) is 0 Å². The van der Waals surface area contributed by atoms with Crippen LogP contribution in [0.15, 0.2) is 24.3 Å². The molecule has 5 heteroatoms. The smallest absolute Gasteiger partial charge is 0.410 e. The van der Waals surface area contributed by atoms with E-state index in [2.05, 4.69) is 43.5 Å². The van der Waals surface area contributed by atoms with Gasteiger partial charge in [-0.1, -0.05) is 83.1 Å². The normalized spacial score (nSPS) is 16.5. The van der Waals surface area contributed by atoms with Crippen molar-refractivity contribution < 1.29 is 14.3 Å². The molecule has 1 aliphatic rings. The van der Waals surface area contributed by atoms with Crippen LogP contribution in [0.3, 0.4) is 0 Å². The van der Waals surface area contributed by atoms with Gasteiger partial charge < -0.3 is 15.0 Å². The van der Waals surface area contributed by atoms with Gasteiger partial charge in [0.25, 0.3) is 0 Å². The van der Waals surface area contributed by atoms with Crippen LogP contribution >= 0.6 is 0 Å². The monoisotopic (exact) mass is 448 g/mol. The van der Waals surface area contributed by atoms with E-state index in [1.54, 1.807) is 4.90 Å². The van der Waals surface area contributed by atoms with Gasteiger partial charge in [0.1, 0.15) is 0 Å². The van der Waals surface area contributed by atoms with E-state index in [0.717, 1.165) is 70.7 Å². The lowest BCUT2D eigenvalue weighted by Crippen LogP contribution is -2.48. The van der Waals surface area contributed by atoms with Crippen molar-refractivity contribution in [2.45, 2.75) is 103 Å². The third-order valence-electron chi connectivity index (χ3n) is 6.18. The van der Waals surface area contributed by atoms with Crippen LogP contribution in [0.2, 0.25) is 0 Å². The summed E-state index contributed by atoms with van der Waals surface area (Å²) < 4.78 is 5.70. The minimum atomic E-state index is -0.617. The number of allylic oxidation sites excluding steroid dienone is 4. The van der Waals surface area contributed by atoms with Gasteiger partial charge >= 0.3 is 6.09 Å². The van der Waals surface area contributed by atoms with Crippen LogP contribution in [0.1, 0.15) is 97.3 Å². The molecule has 0 aromatic carbocycles. The fourth-order valence-electron chi connectivity index (χ4n) is 4.16. The maximum atomic E-state index is 12.5. The van der Waals surface area contributed by atoms with Crippen molar-refractivity contribution >= 4 is 12.4 Å². The SMILES string of the molecule is CCC=CCC=CCCCCCC(CCCCCCC)C(C=O)OC(=O)N1CCNCC1. The minimum Gasteiger partial charge on any atom is -0.438 e. The van der Waals surface area contributed by atoms with Gasteiger partial charge in [0.05, 0.1) is 0 Å². The van der Waals surface area contributed by atoms with Crippen LogP contribution < -0.4 is 5.32 Å². The first-order chi connectivity index (χ1) is 15.7. The Labute approximate surface area is 197 Å². The molecule has 0 spiro atoms. The molecule has 1 fully saturated rings. The van der Waals surface area contributed by atoms with Crippen LogP contribution in [0.25, 0.3) is 0 Å². The Morgan fingerprint density at radius 2 is 1.56 bits per heavy atom. The minimum absolute atomic E-state index is 0.135. The first kappa shape index (κ1) is 28.4. The van der Waals surface area contributed by atoms with Crippen molar-refractivity contribution in [2.24, 2.45) is 5.92 Å². The summed E-state index contributed by atoms with van der Waals surface area (Å²) in [4.78, 5) is 26.1. The van der Waals surface area contributed by atoms with E-state index >= 15 is 0 Å². The number of rotatable bonds is 18. The quantitative estimate of drug-likeness (QED) is 0.149. The van der Waals surface area contributed by atoms with Gasteiger partial charge in [0, 0.05) is 32.1 Å². The molecular weight excluding hydrogens is 400 g/mol. The number of carbonyl (C=O) groups excluding carboxylic acids is 2. The third-order valence-corrected chi connectivity index (χ3v) is 6.18. The second-order valence-corrected chi connectivity index (χ2v) is 8.91. The summed E-state index contributed by atoms with van der Waals surface area (Å²) in [5.74, 6) is 0.135. The maximum absolute atomic E-state index is 12.5. The molecule has 1 rings (SSSR count). The molecule has 5 nitrogen and oxygen atoms in total. The first-order valence-electron chi connectivity index (χ1n) is 13.1. The van der Waals surface area contributed by atoms with Crippen molar-refractivity contribution in [3.05, 3.63) is 24.3 Å². The first-order valence-corrected chi connectivity index (χ1v) is 13.1. The van der Waals surface area contributed by atoms with Crippen LogP contribution in [0.5, 0.6) is 0 Å². The van der Waals surface area contributed by atoms with E-state index in [-0.39, 0.29) is 12.0 Å². The van der Waals surface area contributed by atoms with Crippen LogP contribution in [-0.2, 0) is 9.53 Å². The molecule has 0 aliphatic carbocycles. The van der Waals surface area contributed by atoms with E-state index in [0.29, 0.717) is 13.1 Å². The number of hydrogen-bond donors (Lipinski definition) is 1. The lowest BCUT2D eigenvalue weighted by atomic mass is 9.90. The highest BCUT2D eigenvalue weighted by molar-refractivity contribution is 5.71. The zero-order valence-corrected chi connectivity index (χ0v) is 20.7. The number of nitrogens with zero attached hydrogens (tertiary/aromatic N) is 1. The van der Waals surface area contributed by atoms with Crippen molar-refractivity contribution in [3.63, 3.8) is 0 Å². The van der Waals surface area contributed by atoms with Crippen molar-refractivity contribution in [3.8, 4) is 0 Å². The Morgan fingerprint density at radius 3 is 2.22 bits per heavy atom. The lowest BCUT2D eigenvalue weighted by Gasteiger charge is -2.30. The second kappa shape index (κ2) is 20.0. The second-order valence-electron chi connectivity index (χ2n) is 8.91. The summed E-state index contributed by atoms with van der Waals surface area (Å²) >= 11 is 0. The fourth-order valence-corrected chi connectivity index (χ4v) is 4.16. The third kappa shape index (κ3) is 13.7. The van der Waals surface area contributed by atoms with Crippen molar-refractivity contribution in [1.82, 2.24) is 10.2 Å². The highest BCUT2D eigenvalue weighted by atomic mass is 16.6. The highest BCUT2D eigenvalue weighted by Gasteiger charge is 2.27. The summed E-state index contributed by atoms with van der Waals surface area (Å²) in [5.41, 5.74) is 0. The molecule has 1 aliphatic heterocycles. The van der Waals surface area contributed by atoms with Crippen molar-refractivity contribution in [2.75, 3.05) is 26.2 Å². The molecule has 0 aromatic heterocycles. The van der Waals surface area contributed by atoms with E-state index in [4.69, 9.17) is 4.74 Å². The number of amides is 1. The Morgan fingerprint density at radius 1 is 0.906 bits per heavy atom. The van der Waals surface area contributed by atoms with E-state index in [9.17, 15) is 9.59 Å².